The first-order chi connectivity index (χ1) is 11.6. The first-order valence-electron chi connectivity index (χ1n) is 7.46. The molecule has 0 atom stereocenters. The summed E-state index contributed by atoms with van der Waals surface area (Å²) < 4.78 is 14.8. The Kier molecular flexibility index (Phi) is 4.62. The molecule has 0 spiro atoms. The molecule has 2 aromatic carbocycles. The Bertz CT molecular complexity index is 869. The van der Waals surface area contributed by atoms with Crippen LogP contribution in [-0.4, -0.2) is 17.5 Å². The molecule has 0 radical (unpaired) electrons. The number of carbonyl (C=O) groups is 1. The van der Waals surface area contributed by atoms with Crippen LogP contribution in [0.2, 0.25) is 0 Å². The highest BCUT2D eigenvalue weighted by molar-refractivity contribution is 7.10. The fraction of sp³-hybridized carbons (Fsp3) is 0.158. The van der Waals surface area contributed by atoms with Crippen LogP contribution in [0, 0.1) is 6.92 Å². The topological polar surface area (TPSA) is 48.4 Å². The molecule has 24 heavy (non-hydrogen) atoms. The minimum atomic E-state index is -0.328. The molecule has 1 heterocycles. The van der Waals surface area contributed by atoms with Gasteiger partial charge in [0.15, 0.2) is 0 Å². The summed E-state index contributed by atoms with van der Waals surface area (Å²) in [5, 5.41) is 0. The average Bonchev–Trinajstić information content (AvgIpc) is 3.03. The molecule has 0 N–H and O–H groups in total. The van der Waals surface area contributed by atoms with E-state index >= 15 is 0 Å². The molecule has 0 unspecified atom stereocenters. The van der Waals surface area contributed by atoms with Gasteiger partial charge in [-0.05, 0) is 59.4 Å². The van der Waals surface area contributed by atoms with E-state index in [1.165, 1.54) is 18.5 Å². The highest BCUT2D eigenvalue weighted by Crippen LogP contribution is 2.37. The summed E-state index contributed by atoms with van der Waals surface area (Å²) in [5.74, 6) is 1.04. The molecule has 0 saturated heterocycles. The van der Waals surface area contributed by atoms with Crippen molar-refractivity contribution < 1.29 is 14.3 Å². The summed E-state index contributed by atoms with van der Waals surface area (Å²) >= 11 is 1.42. The Morgan fingerprint density at radius 2 is 1.79 bits per heavy atom. The third-order valence-electron chi connectivity index (χ3n) is 3.55. The van der Waals surface area contributed by atoms with Crippen LogP contribution in [-0.2, 0) is 4.79 Å². The monoisotopic (exact) mass is 339 g/mol. The van der Waals surface area contributed by atoms with Gasteiger partial charge in [0.2, 0.25) is 0 Å². The van der Waals surface area contributed by atoms with Crippen LogP contribution in [0.5, 0.6) is 11.5 Å². The maximum atomic E-state index is 11.2. The lowest BCUT2D eigenvalue weighted by atomic mass is 10.0. The van der Waals surface area contributed by atoms with Gasteiger partial charge in [0, 0.05) is 18.7 Å². The normalized spacial score (nSPS) is 10.5. The smallest absolute Gasteiger partial charge is 0.308 e. The standard InChI is InChI=1S/C19H17NO3S/c1-12-8-15(10-17(9-12)23-13(2)21)19-18(11-20-24-19)14-4-6-16(22-3)7-5-14/h4-11H,1-3H3. The van der Waals surface area contributed by atoms with Gasteiger partial charge in [0.1, 0.15) is 11.5 Å². The minimum Gasteiger partial charge on any atom is -0.497 e. The summed E-state index contributed by atoms with van der Waals surface area (Å²) in [4.78, 5) is 12.3. The van der Waals surface area contributed by atoms with Gasteiger partial charge in [-0.1, -0.05) is 18.2 Å². The van der Waals surface area contributed by atoms with Crippen molar-refractivity contribution in [2.75, 3.05) is 7.11 Å². The van der Waals surface area contributed by atoms with Crippen molar-refractivity contribution in [3.8, 4) is 33.1 Å². The van der Waals surface area contributed by atoms with Gasteiger partial charge in [0.25, 0.3) is 0 Å². The van der Waals surface area contributed by atoms with Crippen molar-refractivity contribution in [3.63, 3.8) is 0 Å². The number of rotatable bonds is 4. The first-order valence-corrected chi connectivity index (χ1v) is 8.24. The van der Waals surface area contributed by atoms with Gasteiger partial charge in [0.05, 0.1) is 12.0 Å². The maximum absolute atomic E-state index is 11.2. The van der Waals surface area contributed by atoms with Gasteiger partial charge in [-0.2, -0.15) is 4.37 Å². The van der Waals surface area contributed by atoms with Gasteiger partial charge < -0.3 is 9.47 Å². The Labute approximate surface area is 144 Å². The summed E-state index contributed by atoms with van der Waals surface area (Å²) in [7, 11) is 1.65. The van der Waals surface area contributed by atoms with Crippen molar-refractivity contribution in [1.82, 2.24) is 4.37 Å². The second-order valence-electron chi connectivity index (χ2n) is 5.43. The maximum Gasteiger partial charge on any atom is 0.308 e. The van der Waals surface area contributed by atoms with E-state index in [4.69, 9.17) is 9.47 Å². The fourth-order valence-electron chi connectivity index (χ4n) is 2.53. The van der Waals surface area contributed by atoms with Crippen LogP contribution in [0.15, 0.2) is 48.7 Å². The van der Waals surface area contributed by atoms with E-state index in [9.17, 15) is 4.79 Å². The number of methoxy groups -OCH3 is 1. The van der Waals surface area contributed by atoms with Gasteiger partial charge >= 0.3 is 5.97 Å². The quantitative estimate of drug-likeness (QED) is 0.510. The number of hydrogen-bond acceptors (Lipinski definition) is 5. The second kappa shape index (κ2) is 6.84. The zero-order valence-corrected chi connectivity index (χ0v) is 14.5. The Morgan fingerprint density at radius 1 is 1.04 bits per heavy atom. The molecule has 0 amide bonds. The highest BCUT2D eigenvalue weighted by Gasteiger charge is 2.13. The summed E-state index contributed by atoms with van der Waals surface area (Å²) in [6.07, 6.45) is 1.86. The lowest BCUT2D eigenvalue weighted by Crippen LogP contribution is -2.01. The number of nitrogens with zero attached hydrogens (tertiary/aromatic N) is 1. The highest BCUT2D eigenvalue weighted by atomic mass is 32.1. The molecule has 0 bridgehead atoms. The number of benzene rings is 2. The van der Waals surface area contributed by atoms with Crippen molar-refractivity contribution in [2.24, 2.45) is 0 Å². The predicted octanol–water partition coefficient (Wildman–Crippen LogP) is 4.72. The van der Waals surface area contributed by atoms with E-state index in [0.29, 0.717) is 5.75 Å². The molecule has 0 saturated carbocycles. The molecule has 0 aliphatic rings. The summed E-state index contributed by atoms with van der Waals surface area (Å²) in [6, 6.07) is 13.7. The molecule has 0 fully saturated rings. The van der Waals surface area contributed by atoms with E-state index in [1.54, 1.807) is 7.11 Å². The zero-order chi connectivity index (χ0) is 17.1. The van der Waals surface area contributed by atoms with Crippen LogP contribution in [0.25, 0.3) is 21.6 Å². The number of hydrogen-bond donors (Lipinski definition) is 0. The third kappa shape index (κ3) is 3.46. The molecule has 5 heteroatoms. The first kappa shape index (κ1) is 16.2. The van der Waals surface area contributed by atoms with Crippen LogP contribution in [0.4, 0.5) is 0 Å². The largest absolute Gasteiger partial charge is 0.497 e. The van der Waals surface area contributed by atoms with Crippen LogP contribution in [0.3, 0.4) is 0 Å². The third-order valence-corrected chi connectivity index (χ3v) is 4.40. The van der Waals surface area contributed by atoms with Crippen molar-refractivity contribution in [2.45, 2.75) is 13.8 Å². The Balaban J connectivity index is 2.03. The van der Waals surface area contributed by atoms with Crippen LogP contribution < -0.4 is 9.47 Å². The van der Waals surface area contributed by atoms with Gasteiger partial charge in [-0.25, -0.2) is 0 Å². The lowest BCUT2D eigenvalue weighted by molar-refractivity contribution is -0.131. The molecular weight excluding hydrogens is 322 g/mol. The molecule has 0 aliphatic carbocycles. The number of aryl methyl sites for hydroxylation is 1. The fourth-order valence-corrected chi connectivity index (χ4v) is 3.28. The minimum absolute atomic E-state index is 0.328. The van der Waals surface area contributed by atoms with Gasteiger partial charge in [-0.15, -0.1) is 0 Å². The Hall–Kier alpha value is -2.66. The molecule has 122 valence electrons. The van der Waals surface area contributed by atoms with E-state index in [0.717, 1.165) is 32.9 Å². The molecule has 3 rings (SSSR count). The zero-order valence-electron chi connectivity index (χ0n) is 13.7. The van der Waals surface area contributed by atoms with E-state index in [-0.39, 0.29) is 5.97 Å². The summed E-state index contributed by atoms with van der Waals surface area (Å²) in [6.45, 7) is 3.38. The van der Waals surface area contributed by atoms with Gasteiger partial charge in [-0.3, -0.25) is 4.79 Å². The number of ether oxygens (including phenoxy) is 2. The van der Waals surface area contributed by atoms with E-state index < -0.39 is 0 Å². The lowest BCUT2D eigenvalue weighted by Gasteiger charge is -2.08. The average molecular weight is 339 g/mol. The predicted molar refractivity (Wildman–Crippen MR) is 95.6 cm³/mol. The number of esters is 1. The molecule has 1 aromatic heterocycles. The van der Waals surface area contributed by atoms with Crippen LogP contribution >= 0.6 is 11.5 Å². The van der Waals surface area contributed by atoms with E-state index in [2.05, 4.69) is 10.4 Å². The van der Waals surface area contributed by atoms with Crippen LogP contribution in [0.1, 0.15) is 12.5 Å². The Morgan fingerprint density at radius 3 is 2.46 bits per heavy atom. The molecule has 0 aliphatic heterocycles. The second-order valence-corrected chi connectivity index (χ2v) is 6.23. The molecule has 4 nitrogen and oxygen atoms in total. The van der Waals surface area contributed by atoms with Crippen molar-refractivity contribution in [1.29, 1.82) is 0 Å². The number of aromatic nitrogens is 1. The summed E-state index contributed by atoms with van der Waals surface area (Å²) in [5.41, 5.74) is 4.12. The van der Waals surface area contributed by atoms with Crippen molar-refractivity contribution in [3.05, 3.63) is 54.2 Å². The van der Waals surface area contributed by atoms with E-state index in [1.807, 2.05) is 49.5 Å². The number of carbonyl (C=O) groups excluding carboxylic acids is 1. The molecular formula is C19H17NO3S. The van der Waals surface area contributed by atoms with Crippen molar-refractivity contribution >= 4 is 17.5 Å². The molecule has 3 aromatic rings. The SMILES string of the molecule is COc1ccc(-c2cnsc2-c2cc(C)cc(OC(C)=O)c2)cc1.